The molecule has 2 fully saturated rings. The molecule has 7 nitrogen and oxygen atoms in total. The number of benzene rings is 1. The fourth-order valence-corrected chi connectivity index (χ4v) is 3.07. The predicted molar refractivity (Wildman–Crippen MR) is 89.9 cm³/mol. The Labute approximate surface area is 147 Å². The molecule has 1 aromatic carbocycles. The zero-order valence-electron chi connectivity index (χ0n) is 14.2. The zero-order valence-corrected chi connectivity index (χ0v) is 14.2. The number of para-hydroxylation sites is 1. The molecule has 7 heteroatoms. The van der Waals surface area contributed by atoms with E-state index in [1.165, 1.54) is 0 Å². The highest BCUT2D eigenvalue weighted by atomic mass is 16.7. The number of ether oxygens (including phenoxy) is 3. The summed E-state index contributed by atoms with van der Waals surface area (Å²) in [6.07, 6.45) is 1.61. The van der Waals surface area contributed by atoms with E-state index < -0.39 is 0 Å². The number of amides is 2. The third kappa shape index (κ3) is 5.17. The van der Waals surface area contributed by atoms with Crippen LogP contribution in [0.4, 0.5) is 0 Å². The molecule has 0 spiro atoms. The van der Waals surface area contributed by atoms with Crippen LogP contribution in [0, 0.1) is 5.92 Å². The summed E-state index contributed by atoms with van der Waals surface area (Å²) < 4.78 is 16.4. The fraction of sp³-hybridized carbons (Fsp3) is 0.556. The van der Waals surface area contributed by atoms with Crippen molar-refractivity contribution in [3.8, 4) is 5.75 Å². The molecule has 136 valence electrons. The molecular weight excluding hydrogens is 324 g/mol. The predicted octanol–water partition coefficient (Wildman–Crippen LogP) is 0.793. The molecule has 0 saturated carbocycles. The summed E-state index contributed by atoms with van der Waals surface area (Å²) >= 11 is 0. The van der Waals surface area contributed by atoms with Crippen LogP contribution in [0.3, 0.4) is 0 Å². The van der Waals surface area contributed by atoms with Gasteiger partial charge in [0.05, 0.1) is 19.8 Å². The summed E-state index contributed by atoms with van der Waals surface area (Å²) in [5.74, 6) is 0.599. The molecule has 2 aliphatic heterocycles. The van der Waals surface area contributed by atoms with Gasteiger partial charge in [0.15, 0.2) is 12.9 Å². The molecule has 0 radical (unpaired) electrons. The van der Waals surface area contributed by atoms with Gasteiger partial charge in [-0.05, 0) is 25.0 Å². The highest BCUT2D eigenvalue weighted by molar-refractivity contribution is 5.85. The Morgan fingerprint density at radius 1 is 1.12 bits per heavy atom. The average Bonchev–Trinajstić information content (AvgIpc) is 3.20. The first-order chi connectivity index (χ1) is 12.2. The lowest BCUT2D eigenvalue weighted by Gasteiger charge is -2.33. The molecular formula is C18H24N2O5. The van der Waals surface area contributed by atoms with E-state index in [-0.39, 0.29) is 31.3 Å². The van der Waals surface area contributed by atoms with Crippen LogP contribution in [-0.2, 0) is 19.1 Å². The maximum absolute atomic E-state index is 12.2. The Kier molecular flexibility index (Phi) is 6.25. The van der Waals surface area contributed by atoms with Gasteiger partial charge < -0.3 is 24.4 Å². The van der Waals surface area contributed by atoms with Crippen LogP contribution in [0.15, 0.2) is 30.3 Å². The topological polar surface area (TPSA) is 77.1 Å². The van der Waals surface area contributed by atoms with Crippen molar-refractivity contribution >= 4 is 11.8 Å². The van der Waals surface area contributed by atoms with E-state index in [2.05, 4.69) is 5.32 Å². The molecule has 0 unspecified atom stereocenters. The number of nitrogens with one attached hydrogen (secondary N) is 1. The van der Waals surface area contributed by atoms with Crippen molar-refractivity contribution in [2.75, 3.05) is 39.5 Å². The summed E-state index contributed by atoms with van der Waals surface area (Å²) in [5, 5.41) is 2.61. The van der Waals surface area contributed by atoms with Gasteiger partial charge >= 0.3 is 0 Å². The molecule has 0 aliphatic carbocycles. The van der Waals surface area contributed by atoms with Gasteiger partial charge in [0.25, 0.3) is 5.91 Å². The Balaban J connectivity index is 1.33. The number of likely N-dealkylation sites (tertiary alicyclic amines) is 1. The molecule has 2 aliphatic rings. The van der Waals surface area contributed by atoms with E-state index in [9.17, 15) is 9.59 Å². The van der Waals surface area contributed by atoms with E-state index in [0.29, 0.717) is 38.0 Å². The minimum atomic E-state index is -0.306. The molecule has 2 heterocycles. The number of piperidine rings is 1. The van der Waals surface area contributed by atoms with E-state index in [1.54, 1.807) is 17.0 Å². The van der Waals surface area contributed by atoms with Crippen LogP contribution in [0.1, 0.15) is 12.8 Å². The minimum Gasteiger partial charge on any atom is -0.484 e. The molecule has 2 amide bonds. The lowest BCUT2D eigenvalue weighted by Crippen LogP contribution is -2.46. The number of carbonyl (C=O) groups excluding carboxylic acids is 2. The lowest BCUT2D eigenvalue weighted by molar-refractivity contribution is -0.137. The summed E-state index contributed by atoms with van der Waals surface area (Å²) in [7, 11) is 0. The lowest BCUT2D eigenvalue weighted by atomic mass is 9.96. The summed E-state index contributed by atoms with van der Waals surface area (Å²) in [6.45, 7) is 2.54. The molecule has 25 heavy (non-hydrogen) atoms. The van der Waals surface area contributed by atoms with E-state index >= 15 is 0 Å². The first-order valence-corrected chi connectivity index (χ1v) is 8.68. The van der Waals surface area contributed by atoms with Crippen molar-refractivity contribution in [1.29, 1.82) is 0 Å². The molecule has 3 rings (SSSR count). The smallest absolute Gasteiger partial charge is 0.258 e. The van der Waals surface area contributed by atoms with Crippen LogP contribution in [-0.4, -0.2) is 62.5 Å². The van der Waals surface area contributed by atoms with Gasteiger partial charge in [0.1, 0.15) is 5.75 Å². The highest BCUT2D eigenvalue weighted by Crippen LogP contribution is 2.25. The van der Waals surface area contributed by atoms with Gasteiger partial charge in [-0.25, -0.2) is 0 Å². The fourth-order valence-electron chi connectivity index (χ4n) is 3.07. The number of rotatable bonds is 6. The van der Waals surface area contributed by atoms with E-state index in [1.807, 2.05) is 18.2 Å². The van der Waals surface area contributed by atoms with Gasteiger partial charge in [-0.3, -0.25) is 9.59 Å². The molecule has 2 saturated heterocycles. The molecule has 0 atom stereocenters. The minimum absolute atomic E-state index is 0.00191. The highest BCUT2D eigenvalue weighted by Gasteiger charge is 2.31. The Bertz CT molecular complexity index is 566. The van der Waals surface area contributed by atoms with Gasteiger partial charge in [-0.1, -0.05) is 18.2 Å². The second-order valence-corrected chi connectivity index (χ2v) is 6.21. The van der Waals surface area contributed by atoms with Crippen LogP contribution < -0.4 is 10.1 Å². The first kappa shape index (κ1) is 17.7. The maximum atomic E-state index is 12.2. The first-order valence-electron chi connectivity index (χ1n) is 8.68. The van der Waals surface area contributed by atoms with Gasteiger partial charge in [0.2, 0.25) is 5.91 Å². The SMILES string of the molecule is O=C(COc1ccccc1)NCC(=O)N1CCC(C2OCCO2)CC1. The van der Waals surface area contributed by atoms with Crippen LogP contribution >= 0.6 is 0 Å². The summed E-state index contributed by atoms with van der Waals surface area (Å²) in [5.41, 5.74) is 0. The molecule has 1 aromatic rings. The van der Waals surface area contributed by atoms with Gasteiger partial charge in [-0.2, -0.15) is 0 Å². The van der Waals surface area contributed by atoms with Crippen molar-refractivity contribution in [1.82, 2.24) is 10.2 Å². The van der Waals surface area contributed by atoms with Crippen LogP contribution in [0.2, 0.25) is 0 Å². The van der Waals surface area contributed by atoms with Gasteiger partial charge in [0, 0.05) is 19.0 Å². The third-order valence-corrected chi connectivity index (χ3v) is 4.47. The average molecular weight is 348 g/mol. The largest absolute Gasteiger partial charge is 0.484 e. The van der Waals surface area contributed by atoms with Crippen molar-refractivity contribution in [3.63, 3.8) is 0 Å². The summed E-state index contributed by atoms with van der Waals surface area (Å²) in [4.78, 5) is 25.8. The number of nitrogens with zero attached hydrogens (tertiary/aromatic N) is 1. The van der Waals surface area contributed by atoms with Crippen LogP contribution in [0.5, 0.6) is 5.75 Å². The third-order valence-electron chi connectivity index (χ3n) is 4.47. The van der Waals surface area contributed by atoms with Crippen LogP contribution in [0.25, 0.3) is 0 Å². The summed E-state index contributed by atoms with van der Waals surface area (Å²) in [6, 6.07) is 9.10. The van der Waals surface area contributed by atoms with E-state index in [0.717, 1.165) is 12.8 Å². The van der Waals surface area contributed by atoms with Crippen molar-refractivity contribution in [2.45, 2.75) is 19.1 Å². The quantitative estimate of drug-likeness (QED) is 0.823. The monoisotopic (exact) mass is 348 g/mol. The normalized spacial score (nSPS) is 19.0. The molecule has 0 aromatic heterocycles. The maximum Gasteiger partial charge on any atom is 0.258 e. The number of carbonyl (C=O) groups is 2. The molecule has 1 N–H and O–H groups in total. The Morgan fingerprint density at radius 3 is 2.48 bits per heavy atom. The molecule has 0 bridgehead atoms. The van der Waals surface area contributed by atoms with Crippen molar-refractivity contribution in [3.05, 3.63) is 30.3 Å². The number of hydrogen-bond acceptors (Lipinski definition) is 5. The van der Waals surface area contributed by atoms with Gasteiger partial charge in [-0.15, -0.1) is 0 Å². The van der Waals surface area contributed by atoms with E-state index in [4.69, 9.17) is 14.2 Å². The standard InChI is InChI=1S/C18H24N2O5/c21-16(13-25-15-4-2-1-3-5-15)19-12-17(22)20-8-6-14(7-9-20)18-23-10-11-24-18/h1-5,14,18H,6-13H2,(H,19,21). The van der Waals surface area contributed by atoms with Crippen molar-refractivity contribution < 1.29 is 23.8 Å². The number of hydrogen-bond donors (Lipinski definition) is 1. The van der Waals surface area contributed by atoms with Crippen molar-refractivity contribution in [2.24, 2.45) is 5.92 Å². The Morgan fingerprint density at radius 2 is 1.80 bits per heavy atom. The Hall–Kier alpha value is -2.12. The second kappa shape index (κ2) is 8.82. The second-order valence-electron chi connectivity index (χ2n) is 6.21. The zero-order chi connectivity index (χ0) is 17.5.